The molecule has 258 valence electrons. The first kappa shape index (κ1) is 35.0. The summed E-state index contributed by atoms with van der Waals surface area (Å²) in [7, 11) is 0. The molecular formula is C34H44F6N6O. The number of benzene rings is 2. The zero-order valence-corrected chi connectivity index (χ0v) is 26.9. The Morgan fingerprint density at radius 3 is 2.02 bits per heavy atom. The number of likely N-dealkylation sites (tertiary alicyclic amines) is 2. The number of rotatable bonds is 6. The zero-order valence-electron chi connectivity index (χ0n) is 26.9. The normalized spacial score (nSPS) is 23.6. The topological polar surface area (TPSA) is 65.9 Å². The summed E-state index contributed by atoms with van der Waals surface area (Å²) in [6, 6.07) is 10.9. The number of nitrogens with zero attached hydrogens (tertiary/aromatic N) is 4. The van der Waals surface area contributed by atoms with Crippen LogP contribution in [0, 0.1) is 5.41 Å². The van der Waals surface area contributed by atoms with Crippen molar-refractivity contribution in [2.75, 3.05) is 45.8 Å². The largest absolute Gasteiger partial charge is 0.416 e. The second kappa shape index (κ2) is 14.4. The SMILES string of the molecule is CC(C)NC(=N)N1CCCC(N2CCN(C3CCN(C(=O)c4cc(C(F)(F)F)cc(C(F)(F)F)c4)C(Cc4ccccc4)C3)CC2)C1. The molecule has 0 spiro atoms. The number of piperazine rings is 1. The monoisotopic (exact) mass is 666 g/mol. The van der Waals surface area contributed by atoms with Gasteiger partial charge in [0.05, 0.1) is 11.1 Å². The number of alkyl halides is 6. The van der Waals surface area contributed by atoms with Crippen molar-refractivity contribution < 1.29 is 31.1 Å². The lowest BCUT2D eigenvalue weighted by Gasteiger charge is -2.48. The number of amides is 1. The molecule has 2 aromatic rings. The molecule has 13 heteroatoms. The fourth-order valence-electron chi connectivity index (χ4n) is 7.24. The number of hydrogen-bond donors (Lipinski definition) is 2. The molecule has 3 unspecified atom stereocenters. The lowest BCUT2D eigenvalue weighted by atomic mass is 9.90. The minimum Gasteiger partial charge on any atom is -0.354 e. The Kier molecular flexibility index (Phi) is 10.7. The standard InChI is InChI=1S/C34H44F6N6O/c1-23(2)42-32(41)45-11-6-9-29(22-45)44-15-13-43(14-16-44)28-10-12-46(30(21-28)17-24-7-4-3-5-8-24)31(47)25-18-26(33(35,36)37)20-27(19-25)34(38,39)40/h3-5,7-8,18-20,23,28-30H,6,9-17,21-22H2,1-2H3,(H2,41,42). The van der Waals surface area contributed by atoms with Gasteiger partial charge in [0.1, 0.15) is 0 Å². The molecule has 2 N–H and O–H groups in total. The van der Waals surface area contributed by atoms with Crippen LogP contribution in [0.2, 0.25) is 0 Å². The molecule has 0 bridgehead atoms. The van der Waals surface area contributed by atoms with E-state index in [1.54, 1.807) is 0 Å². The van der Waals surface area contributed by atoms with Gasteiger partial charge in [-0.3, -0.25) is 20.0 Å². The smallest absolute Gasteiger partial charge is 0.354 e. The molecule has 2 aromatic carbocycles. The van der Waals surface area contributed by atoms with E-state index >= 15 is 0 Å². The van der Waals surface area contributed by atoms with Crippen LogP contribution in [0.3, 0.4) is 0 Å². The molecule has 0 aromatic heterocycles. The minimum absolute atomic E-state index is 0.0571. The van der Waals surface area contributed by atoms with Gasteiger partial charge in [-0.25, -0.2) is 0 Å². The Hall–Kier alpha value is -3.32. The van der Waals surface area contributed by atoms with Gasteiger partial charge in [0.25, 0.3) is 5.91 Å². The summed E-state index contributed by atoms with van der Waals surface area (Å²) in [6.07, 6.45) is -6.36. The second-order valence-electron chi connectivity index (χ2n) is 13.3. The van der Waals surface area contributed by atoms with E-state index in [-0.39, 0.29) is 24.7 Å². The Bertz CT molecular complexity index is 1340. The van der Waals surface area contributed by atoms with E-state index in [4.69, 9.17) is 5.41 Å². The van der Waals surface area contributed by atoms with E-state index in [9.17, 15) is 31.1 Å². The summed E-state index contributed by atoms with van der Waals surface area (Å²) in [5.74, 6) is -0.348. The first-order valence-corrected chi connectivity index (χ1v) is 16.4. The van der Waals surface area contributed by atoms with Crippen LogP contribution in [0.25, 0.3) is 0 Å². The van der Waals surface area contributed by atoms with Crippen LogP contribution in [-0.4, -0.2) is 101 Å². The van der Waals surface area contributed by atoms with Crippen LogP contribution in [0.15, 0.2) is 48.5 Å². The summed E-state index contributed by atoms with van der Waals surface area (Å²) in [5.41, 5.74) is -2.63. The molecule has 3 atom stereocenters. The molecule has 3 aliphatic rings. The first-order chi connectivity index (χ1) is 22.2. The van der Waals surface area contributed by atoms with Crippen LogP contribution in [0.1, 0.15) is 66.6 Å². The zero-order chi connectivity index (χ0) is 33.9. The molecular weight excluding hydrogens is 622 g/mol. The van der Waals surface area contributed by atoms with Crippen molar-refractivity contribution in [3.05, 3.63) is 70.8 Å². The lowest BCUT2D eigenvalue weighted by Crippen LogP contribution is -2.60. The third kappa shape index (κ3) is 8.78. The van der Waals surface area contributed by atoms with Crippen LogP contribution in [0.4, 0.5) is 26.3 Å². The summed E-state index contributed by atoms with van der Waals surface area (Å²) in [4.78, 5) is 22.3. The predicted octanol–water partition coefficient (Wildman–Crippen LogP) is 5.95. The maximum Gasteiger partial charge on any atom is 0.416 e. The van der Waals surface area contributed by atoms with Crippen molar-refractivity contribution in [2.24, 2.45) is 0 Å². The van der Waals surface area contributed by atoms with Gasteiger partial charge in [-0.05, 0) is 69.7 Å². The molecule has 3 saturated heterocycles. The fraction of sp³-hybridized carbons (Fsp3) is 0.588. The average Bonchev–Trinajstić information content (AvgIpc) is 3.04. The van der Waals surface area contributed by atoms with Crippen LogP contribution < -0.4 is 5.32 Å². The van der Waals surface area contributed by atoms with Crippen molar-refractivity contribution in [3.63, 3.8) is 0 Å². The molecule has 7 nitrogen and oxygen atoms in total. The van der Waals surface area contributed by atoms with Gasteiger partial charge >= 0.3 is 12.4 Å². The second-order valence-corrected chi connectivity index (χ2v) is 13.3. The third-order valence-corrected chi connectivity index (χ3v) is 9.62. The highest BCUT2D eigenvalue weighted by molar-refractivity contribution is 5.95. The number of guanidine groups is 1. The van der Waals surface area contributed by atoms with E-state index in [0.717, 1.165) is 57.7 Å². The van der Waals surface area contributed by atoms with Crippen molar-refractivity contribution in [1.29, 1.82) is 5.41 Å². The maximum absolute atomic E-state index is 13.7. The highest BCUT2D eigenvalue weighted by Crippen LogP contribution is 2.37. The van der Waals surface area contributed by atoms with E-state index in [0.29, 0.717) is 43.4 Å². The van der Waals surface area contributed by atoms with Gasteiger partial charge in [-0.1, -0.05) is 30.3 Å². The van der Waals surface area contributed by atoms with Crippen LogP contribution >= 0.6 is 0 Å². The van der Waals surface area contributed by atoms with Crippen LogP contribution in [0.5, 0.6) is 0 Å². The molecule has 0 saturated carbocycles. The van der Waals surface area contributed by atoms with Crippen LogP contribution in [-0.2, 0) is 18.8 Å². The van der Waals surface area contributed by atoms with Gasteiger partial charge in [0.2, 0.25) is 0 Å². The number of halogens is 6. The number of piperidine rings is 2. The average molecular weight is 667 g/mol. The first-order valence-electron chi connectivity index (χ1n) is 16.4. The molecule has 3 fully saturated rings. The number of nitrogens with one attached hydrogen (secondary N) is 2. The van der Waals surface area contributed by atoms with Gasteiger partial charge in [0, 0.05) is 75.5 Å². The molecule has 5 rings (SSSR count). The Morgan fingerprint density at radius 1 is 0.851 bits per heavy atom. The van der Waals surface area contributed by atoms with Gasteiger partial charge < -0.3 is 15.1 Å². The van der Waals surface area contributed by atoms with Crippen molar-refractivity contribution in [3.8, 4) is 0 Å². The summed E-state index contributed by atoms with van der Waals surface area (Å²) < 4.78 is 81.6. The maximum atomic E-state index is 13.7. The molecule has 47 heavy (non-hydrogen) atoms. The fourth-order valence-corrected chi connectivity index (χ4v) is 7.24. The van der Waals surface area contributed by atoms with E-state index in [1.165, 1.54) is 4.90 Å². The summed E-state index contributed by atoms with van der Waals surface area (Å²) in [6.45, 7) is 9.37. The van der Waals surface area contributed by atoms with E-state index in [2.05, 4.69) is 20.0 Å². The lowest BCUT2D eigenvalue weighted by molar-refractivity contribution is -0.143. The van der Waals surface area contributed by atoms with E-state index in [1.807, 2.05) is 44.2 Å². The molecule has 3 heterocycles. The molecule has 0 radical (unpaired) electrons. The summed E-state index contributed by atoms with van der Waals surface area (Å²) >= 11 is 0. The predicted molar refractivity (Wildman–Crippen MR) is 168 cm³/mol. The molecule has 3 aliphatic heterocycles. The number of carbonyl (C=O) groups excluding carboxylic acids is 1. The molecule has 1 amide bonds. The minimum atomic E-state index is -5.03. The van der Waals surface area contributed by atoms with Crippen molar-refractivity contribution >= 4 is 11.9 Å². The quantitative estimate of drug-likeness (QED) is 0.227. The molecule has 0 aliphatic carbocycles. The highest BCUT2D eigenvalue weighted by Gasteiger charge is 2.40. The number of hydrogen-bond acceptors (Lipinski definition) is 4. The Balaban J connectivity index is 1.28. The number of carbonyl (C=O) groups is 1. The van der Waals surface area contributed by atoms with Gasteiger partial charge in [0.15, 0.2) is 5.96 Å². The third-order valence-electron chi connectivity index (χ3n) is 9.62. The van der Waals surface area contributed by atoms with Crippen molar-refractivity contribution in [1.82, 2.24) is 24.9 Å². The Morgan fingerprint density at radius 2 is 1.45 bits per heavy atom. The highest BCUT2D eigenvalue weighted by atomic mass is 19.4. The summed E-state index contributed by atoms with van der Waals surface area (Å²) in [5, 5.41) is 11.6. The van der Waals surface area contributed by atoms with Crippen molar-refractivity contribution in [2.45, 2.75) is 82.5 Å². The van der Waals surface area contributed by atoms with E-state index < -0.39 is 41.0 Å². The Labute approximate surface area is 272 Å². The van der Waals surface area contributed by atoms with Gasteiger partial charge in [-0.15, -0.1) is 0 Å². The van der Waals surface area contributed by atoms with Gasteiger partial charge in [-0.2, -0.15) is 26.3 Å².